The SMILES string of the molecule is Cc1ccc(-n2c(N)nc3cnccc32)cc1N(C)C. The molecule has 3 aromatic rings. The number of anilines is 2. The molecule has 0 aliphatic heterocycles. The Morgan fingerprint density at radius 1 is 1.20 bits per heavy atom. The average Bonchev–Trinajstić information content (AvgIpc) is 2.75. The largest absolute Gasteiger partial charge is 0.377 e. The van der Waals surface area contributed by atoms with Crippen LogP contribution in [0, 0.1) is 6.92 Å². The van der Waals surface area contributed by atoms with Gasteiger partial charge in [-0.1, -0.05) is 6.07 Å². The smallest absolute Gasteiger partial charge is 0.205 e. The molecule has 0 unspecified atom stereocenters. The van der Waals surface area contributed by atoms with Crippen molar-refractivity contribution in [1.82, 2.24) is 14.5 Å². The second-order valence-corrected chi connectivity index (χ2v) is 5.04. The summed E-state index contributed by atoms with van der Waals surface area (Å²) in [7, 11) is 4.07. The van der Waals surface area contributed by atoms with Crippen molar-refractivity contribution in [2.45, 2.75) is 6.92 Å². The lowest BCUT2D eigenvalue weighted by molar-refractivity contribution is 1.07. The van der Waals surface area contributed by atoms with Crippen LogP contribution in [0.1, 0.15) is 5.56 Å². The molecule has 2 N–H and O–H groups in total. The maximum atomic E-state index is 6.06. The lowest BCUT2D eigenvalue weighted by Crippen LogP contribution is -2.11. The van der Waals surface area contributed by atoms with E-state index in [-0.39, 0.29) is 0 Å². The fourth-order valence-corrected chi connectivity index (χ4v) is 2.44. The van der Waals surface area contributed by atoms with Gasteiger partial charge in [-0.3, -0.25) is 9.55 Å². The second-order valence-electron chi connectivity index (χ2n) is 5.04. The van der Waals surface area contributed by atoms with Gasteiger partial charge in [0.05, 0.1) is 17.4 Å². The molecule has 5 heteroatoms. The van der Waals surface area contributed by atoms with Crippen LogP contribution in [0.15, 0.2) is 36.7 Å². The number of pyridine rings is 1. The van der Waals surface area contributed by atoms with Gasteiger partial charge in [0, 0.05) is 26.0 Å². The molecule has 0 aliphatic rings. The van der Waals surface area contributed by atoms with Gasteiger partial charge in [-0.25, -0.2) is 4.98 Å². The molecule has 2 aromatic heterocycles. The van der Waals surface area contributed by atoms with Gasteiger partial charge in [0.15, 0.2) is 0 Å². The van der Waals surface area contributed by atoms with Crippen molar-refractivity contribution in [3.63, 3.8) is 0 Å². The number of fused-ring (bicyclic) bond motifs is 1. The monoisotopic (exact) mass is 267 g/mol. The van der Waals surface area contributed by atoms with Crippen molar-refractivity contribution in [3.05, 3.63) is 42.2 Å². The first kappa shape index (κ1) is 12.5. The van der Waals surface area contributed by atoms with E-state index in [9.17, 15) is 0 Å². The normalized spacial score (nSPS) is 10.9. The zero-order chi connectivity index (χ0) is 14.3. The maximum absolute atomic E-state index is 6.06. The lowest BCUT2D eigenvalue weighted by Gasteiger charge is -2.17. The lowest BCUT2D eigenvalue weighted by atomic mass is 10.1. The zero-order valence-corrected chi connectivity index (χ0v) is 11.8. The van der Waals surface area contributed by atoms with Crippen LogP contribution in [0.3, 0.4) is 0 Å². The number of hydrogen-bond acceptors (Lipinski definition) is 4. The van der Waals surface area contributed by atoms with E-state index in [1.54, 1.807) is 12.4 Å². The molecule has 0 bridgehead atoms. The third kappa shape index (κ3) is 1.87. The van der Waals surface area contributed by atoms with Crippen LogP contribution >= 0.6 is 0 Å². The summed E-state index contributed by atoms with van der Waals surface area (Å²) in [6.45, 7) is 2.10. The van der Waals surface area contributed by atoms with Crippen molar-refractivity contribution in [3.8, 4) is 5.69 Å². The highest BCUT2D eigenvalue weighted by molar-refractivity contribution is 5.80. The maximum Gasteiger partial charge on any atom is 0.205 e. The van der Waals surface area contributed by atoms with Crippen LogP contribution in [0.2, 0.25) is 0 Å². The summed E-state index contributed by atoms with van der Waals surface area (Å²) in [4.78, 5) is 10.5. The molecule has 0 radical (unpaired) electrons. The van der Waals surface area contributed by atoms with Crippen molar-refractivity contribution in [1.29, 1.82) is 0 Å². The molecule has 1 aromatic carbocycles. The molecule has 0 saturated heterocycles. The summed E-state index contributed by atoms with van der Waals surface area (Å²) in [6.07, 6.45) is 3.48. The number of rotatable bonds is 2. The Morgan fingerprint density at radius 2 is 2.00 bits per heavy atom. The minimum Gasteiger partial charge on any atom is -0.377 e. The van der Waals surface area contributed by atoms with Crippen LogP contribution in [0.25, 0.3) is 16.7 Å². The van der Waals surface area contributed by atoms with E-state index in [0.29, 0.717) is 5.95 Å². The van der Waals surface area contributed by atoms with E-state index in [4.69, 9.17) is 5.73 Å². The molecule has 20 heavy (non-hydrogen) atoms. The predicted octanol–water partition coefficient (Wildman–Crippen LogP) is 2.38. The van der Waals surface area contributed by atoms with Crippen molar-refractivity contribution < 1.29 is 0 Å². The van der Waals surface area contributed by atoms with Gasteiger partial charge in [0.1, 0.15) is 5.52 Å². The van der Waals surface area contributed by atoms with Crippen molar-refractivity contribution >= 4 is 22.7 Å². The Hall–Kier alpha value is -2.56. The Balaban J connectivity index is 2.26. The van der Waals surface area contributed by atoms with E-state index in [1.807, 2.05) is 24.7 Å². The highest BCUT2D eigenvalue weighted by Gasteiger charge is 2.11. The number of benzene rings is 1. The molecular formula is C15H17N5. The number of hydrogen-bond donors (Lipinski definition) is 1. The molecule has 0 fully saturated rings. The summed E-state index contributed by atoms with van der Waals surface area (Å²) >= 11 is 0. The summed E-state index contributed by atoms with van der Waals surface area (Å²) in [6, 6.07) is 8.19. The topological polar surface area (TPSA) is 60.0 Å². The van der Waals surface area contributed by atoms with Gasteiger partial charge < -0.3 is 10.6 Å². The summed E-state index contributed by atoms with van der Waals surface area (Å²) in [5.41, 5.74) is 11.2. The van der Waals surface area contributed by atoms with E-state index >= 15 is 0 Å². The van der Waals surface area contributed by atoms with Crippen molar-refractivity contribution in [2.75, 3.05) is 24.7 Å². The second kappa shape index (κ2) is 4.52. The highest BCUT2D eigenvalue weighted by Crippen LogP contribution is 2.26. The third-order valence-electron chi connectivity index (χ3n) is 3.42. The molecular weight excluding hydrogens is 250 g/mol. The fraction of sp³-hybridized carbons (Fsp3) is 0.200. The Kier molecular flexibility index (Phi) is 2.82. The van der Waals surface area contributed by atoms with Crippen LogP contribution in [0.5, 0.6) is 0 Å². The molecule has 5 nitrogen and oxygen atoms in total. The quantitative estimate of drug-likeness (QED) is 0.774. The van der Waals surface area contributed by atoms with Gasteiger partial charge in [-0.15, -0.1) is 0 Å². The first-order valence-electron chi connectivity index (χ1n) is 6.44. The molecule has 0 atom stereocenters. The molecule has 0 amide bonds. The molecule has 0 aliphatic carbocycles. The number of nitrogen functional groups attached to an aromatic ring is 1. The van der Waals surface area contributed by atoms with Crippen LogP contribution in [0.4, 0.5) is 11.6 Å². The minimum absolute atomic E-state index is 0.474. The molecule has 102 valence electrons. The van der Waals surface area contributed by atoms with Crippen LogP contribution < -0.4 is 10.6 Å². The Bertz CT molecular complexity index is 773. The Labute approximate surface area is 117 Å². The van der Waals surface area contributed by atoms with Gasteiger partial charge in [0.2, 0.25) is 5.95 Å². The minimum atomic E-state index is 0.474. The summed E-state index contributed by atoms with van der Waals surface area (Å²) < 4.78 is 1.95. The highest BCUT2D eigenvalue weighted by atomic mass is 15.2. The predicted molar refractivity (Wildman–Crippen MR) is 82.3 cm³/mol. The third-order valence-corrected chi connectivity index (χ3v) is 3.42. The van der Waals surface area contributed by atoms with Gasteiger partial charge in [0.25, 0.3) is 0 Å². The first-order chi connectivity index (χ1) is 9.58. The molecule has 2 heterocycles. The van der Waals surface area contributed by atoms with E-state index in [1.165, 1.54) is 5.56 Å². The number of aryl methyl sites for hydroxylation is 1. The number of nitrogens with two attached hydrogens (primary N) is 1. The number of imidazole rings is 1. The number of aromatic nitrogens is 3. The fourth-order valence-electron chi connectivity index (χ4n) is 2.44. The first-order valence-corrected chi connectivity index (χ1v) is 6.44. The molecule has 0 spiro atoms. The van der Waals surface area contributed by atoms with Crippen LogP contribution in [-0.2, 0) is 0 Å². The van der Waals surface area contributed by atoms with Gasteiger partial charge in [-0.2, -0.15) is 0 Å². The van der Waals surface area contributed by atoms with Gasteiger partial charge >= 0.3 is 0 Å². The van der Waals surface area contributed by atoms with Gasteiger partial charge in [-0.05, 0) is 30.7 Å². The van der Waals surface area contributed by atoms with E-state index in [2.05, 4.69) is 40.0 Å². The van der Waals surface area contributed by atoms with E-state index < -0.39 is 0 Å². The zero-order valence-electron chi connectivity index (χ0n) is 11.8. The van der Waals surface area contributed by atoms with E-state index in [0.717, 1.165) is 22.4 Å². The number of nitrogens with zero attached hydrogens (tertiary/aromatic N) is 4. The van der Waals surface area contributed by atoms with Crippen LogP contribution in [-0.4, -0.2) is 28.6 Å². The average molecular weight is 267 g/mol. The summed E-state index contributed by atoms with van der Waals surface area (Å²) in [5, 5.41) is 0. The molecule has 0 saturated carbocycles. The van der Waals surface area contributed by atoms with Crippen molar-refractivity contribution in [2.24, 2.45) is 0 Å². The molecule has 3 rings (SSSR count). The Morgan fingerprint density at radius 3 is 2.75 bits per heavy atom. The summed E-state index contributed by atoms with van der Waals surface area (Å²) in [5.74, 6) is 0.474. The standard InChI is InChI=1S/C15H17N5/c1-10-4-5-11(8-14(10)19(2)3)20-13-6-7-17-9-12(13)18-15(20)16/h4-9H,1-3H3,(H2,16,18).